The van der Waals surface area contributed by atoms with Crippen LogP contribution >= 0.6 is 0 Å². The smallest absolute Gasteiger partial charge is 0.410 e. The maximum Gasteiger partial charge on any atom is 0.410 e. The summed E-state index contributed by atoms with van der Waals surface area (Å²) in [6.45, 7) is 12.5. The Morgan fingerprint density at radius 2 is 1.39 bits per heavy atom. The van der Waals surface area contributed by atoms with Crippen LogP contribution in [0.3, 0.4) is 0 Å². The van der Waals surface area contributed by atoms with Gasteiger partial charge in [-0.2, -0.15) is 0 Å². The van der Waals surface area contributed by atoms with Gasteiger partial charge in [0.2, 0.25) is 11.6 Å². The first-order valence-electron chi connectivity index (χ1n) is 21.7. The second-order valence-electron chi connectivity index (χ2n) is 17.3. The van der Waals surface area contributed by atoms with Crippen LogP contribution < -0.4 is 0 Å². The Bertz CT molecular complexity index is 1470. The van der Waals surface area contributed by atoms with E-state index in [1.54, 1.807) is 52.9 Å². The number of rotatable bonds is 8. The molecule has 3 amide bonds. The molecule has 3 saturated heterocycles. The Hall–Kier alpha value is -3.71. The number of allylic oxidation sites excluding steroid dienone is 4. The summed E-state index contributed by atoms with van der Waals surface area (Å²) in [6.07, 6.45) is 16.5. The number of likely N-dealkylation sites (tertiary alicyclic amines) is 2. The molecule has 318 valence electrons. The average molecular weight is 797 g/mol. The summed E-state index contributed by atoms with van der Waals surface area (Å²) in [6, 6.07) is 0.554. The quantitative estimate of drug-likeness (QED) is 0.0928. The minimum atomic E-state index is -1.57. The molecule has 0 aromatic carbocycles. The molecule has 1 N–H and O–H groups in total. The van der Waals surface area contributed by atoms with Crippen LogP contribution in [0.4, 0.5) is 14.4 Å². The van der Waals surface area contributed by atoms with E-state index >= 15 is 0 Å². The monoisotopic (exact) mass is 796 g/mol. The first-order valence-corrected chi connectivity index (χ1v) is 21.7. The Labute approximate surface area is 339 Å². The Morgan fingerprint density at radius 3 is 2.02 bits per heavy atom. The molecule has 3 heterocycles. The molecule has 0 radical (unpaired) electrons. The van der Waals surface area contributed by atoms with Crippen molar-refractivity contribution in [2.24, 2.45) is 17.8 Å². The summed E-state index contributed by atoms with van der Waals surface area (Å²) in [7, 11) is 0. The van der Waals surface area contributed by atoms with Gasteiger partial charge in [0.1, 0.15) is 11.7 Å². The van der Waals surface area contributed by atoms with E-state index < -0.39 is 53.4 Å². The molecule has 0 unspecified atom stereocenters. The fourth-order valence-corrected chi connectivity index (χ4v) is 8.84. The molecule has 0 aromatic heterocycles. The van der Waals surface area contributed by atoms with Gasteiger partial charge in [-0.05, 0) is 77.2 Å². The highest BCUT2D eigenvalue weighted by Crippen LogP contribution is 2.31. The number of carbonyl (C=O) groups excluding carboxylic acids is 5. The van der Waals surface area contributed by atoms with Gasteiger partial charge < -0.3 is 34.0 Å². The zero-order chi connectivity index (χ0) is 41.0. The van der Waals surface area contributed by atoms with Crippen molar-refractivity contribution in [2.45, 2.75) is 135 Å². The number of hydrogen-bond donors (Lipinski definition) is 1. The van der Waals surface area contributed by atoms with Crippen LogP contribution in [0.5, 0.6) is 0 Å². The van der Waals surface area contributed by atoms with Gasteiger partial charge in [0.25, 0.3) is 0 Å². The van der Waals surface area contributed by atoms with Gasteiger partial charge in [-0.25, -0.2) is 14.4 Å². The minimum absolute atomic E-state index is 0.0528. The number of ketones is 2. The topological polar surface area (TPSA) is 146 Å². The number of ether oxygens (including phenoxy) is 3. The van der Waals surface area contributed by atoms with Crippen molar-refractivity contribution in [3.05, 3.63) is 36.0 Å². The van der Waals surface area contributed by atoms with Gasteiger partial charge in [-0.3, -0.25) is 14.5 Å². The number of Topliss-reactive ketones (excluding diaryl/α,β-unsaturated/α-hetero) is 2. The number of amides is 3. The van der Waals surface area contributed by atoms with E-state index in [1.807, 2.05) is 19.9 Å². The summed E-state index contributed by atoms with van der Waals surface area (Å²) in [5.41, 5.74) is -0.937. The first kappa shape index (κ1) is 44.4. The maximum absolute atomic E-state index is 14.0. The summed E-state index contributed by atoms with van der Waals surface area (Å²) in [5.74, 6) is -2.72. The lowest BCUT2D eigenvalue weighted by atomic mass is 9.79. The molecular weight excluding hydrogens is 729 g/mol. The predicted molar refractivity (Wildman–Crippen MR) is 216 cm³/mol. The van der Waals surface area contributed by atoms with Gasteiger partial charge >= 0.3 is 18.3 Å². The van der Waals surface area contributed by atoms with Crippen molar-refractivity contribution < 1.29 is 43.3 Å². The van der Waals surface area contributed by atoms with Crippen molar-refractivity contribution in [3.63, 3.8) is 0 Å². The van der Waals surface area contributed by atoms with Crippen molar-refractivity contribution >= 4 is 29.8 Å². The fourth-order valence-electron chi connectivity index (χ4n) is 8.84. The summed E-state index contributed by atoms with van der Waals surface area (Å²) >= 11 is 0. The van der Waals surface area contributed by atoms with Gasteiger partial charge in [-0.1, -0.05) is 69.4 Å². The fraction of sp³-hybridized carbons (Fsp3) is 0.750. The minimum Gasteiger partial charge on any atom is -0.449 e. The van der Waals surface area contributed by atoms with Crippen LogP contribution in [0.2, 0.25) is 0 Å². The highest BCUT2D eigenvalue weighted by Gasteiger charge is 2.40. The lowest BCUT2D eigenvalue weighted by Crippen LogP contribution is -2.53. The van der Waals surface area contributed by atoms with Crippen molar-refractivity contribution in [1.29, 1.82) is 0 Å². The molecule has 0 aromatic rings. The number of nitrogens with zero attached hydrogens (tertiary/aromatic N) is 4. The zero-order valence-corrected chi connectivity index (χ0v) is 34.9. The molecule has 0 spiro atoms. The van der Waals surface area contributed by atoms with Crippen molar-refractivity contribution in [2.75, 3.05) is 59.0 Å². The van der Waals surface area contributed by atoms with Crippen LogP contribution in [0, 0.1) is 17.8 Å². The Kier molecular flexibility index (Phi) is 16.6. The third-order valence-corrected chi connectivity index (χ3v) is 12.6. The van der Waals surface area contributed by atoms with Gasteiger partial charge in [0.15, 0.2) is 6.10 Å². The van der Waals surface area contributed by atoms with Crippen LogP contribution in [0.25, 0.3) is 0 Å². The summed E-state index contributed by atoms with van der Waals surface area (Å²) < 4.78 is 17.5. The van der Waals surface area contributed by atoms with E-state index in [9.17, 15) is 29.1 Å². The van der Waals surface area contributed by atoms with Gasteiger partial charge in [0, 0.05) is 64.3 Å². The number of carbonyl (C=O) groups is 5. The van der Waals surface area contributed by atoms with E-state index in [-0.39, 0.29) is 37.9 Å². The maximum atomic E-state index is 14.0. The first-order chi connectivity index (χ1) is 27.3. The second-order valence-corrected chi connectivity index (χ2v) is 17.3. The Morgan fingerprint density at radius 1 is 0.807 bits per heavy atom. The van der Waals surface area contributed by atoms with E-state index in [2.05, 4.69) is 4.90 Å². The second kappa shape index (κ2) is 21.3. The molecule has 13 heteroatoms. The molecule has 2 aliphatic carbocycles. The highest BCUT2D eigenvalue weighted by atomic mass is 16.6. The Balaban J connectivity index is 1.32. The van der Waals surface area contributed by atoms with Crippen LogP contribution in [-0.2, 0) is 23.8 Å². The van der Waals surface area contributed by atoms with Gasteiger partial charge in [-0.15, -0.1) is 0 Å². The van der Waals surface area contributed by atoms with E-state index in [1.165, 1.54) is 38.5 Å². The molecule has 5 aliphatic rings. The molecule has 1 saturated carbocycles. The average Bonchev–Trinajstić information content (AvgIpc) is 3.88. The van der Waals surface area contributed by atoms with Crippen LogP contribution in [0.15, 0.2) is 36.0 Å². The third kappa shape index (κ3) is 12.9. The van der Waals surface area contributed by atoms with E-state index in [0.717, 1.165) is 38.8 Å². The molecule has 0 bridgehead atoms. The predicted octanol–water partition coefficient (Wildman–Crippen LogP) is 6.69. The van der Waals surface area contributed by atoms with E-state index in [0.29, 0.717) is 50.9 Å². The molecular formula is C44H68N4O9. The molecule has 13 nitrogen and oxygen atoms in total. The summed E-state index contributed by atoms with van der Waals surface area (Å²) in [4.78, 5) is 74.5. The van der Waals surface area contributed by atoms with Crippen LogP contribution in [-0.4, -0.2) is 137 Å². The largest absolute Gasteiger partial charge is 0.449 e. The lowest BCUT2D eigenvalue weighted by molar-refractivity contribution is -0.140. The molecule has 5 rings (SSSR count). The summed E-state index contributed by atoms with van der Waals surface area (Å²) in [5, 5.41) is 11.9. The van der Waals surface area contributed by atoms with Crippen molar-refractivity contribution in [1.82, 2.24) is 19.6 Å². The van der Waals surface area contributed by atoms with Gasteiger partial charge in [0.05, 0.1) is 18.9 Å². The SMILES string of the molecule is C/C(=C\C=C\[C@@H](C)COC(=O)N1CCCC1)[C@H]1C(=O)C(=O)C[C@H](OC(=O)N2CCCC2)CC[C@](C)(O)[C@@H](OC(=O)N2CCN(C3CCCCCC3)CC2)/C=C/[C@@H]1C. The number of aliphatic hydroxyl groups is 1. The lowest BCUT2D eigenvalue weighted by Gasteiger charge is -2.40. The van der Waals surface area contributed by atoms with E-state index in [4.69, 9.17) is 14.2 Å². The standard InChI is InChI=1S/C44H68N4O9/c1-32(31-55-41(51)46-22-9-10-23-46)14-13-15-33(2)39-34(3)18-19-38(57-43(53)48-28-26-45(27-29-48)35-16-7-5-6-8-17-35)44(4,54)21-20-36(30-37(49)40(39)50)56-42(52)47-24-11-12-25-47/h13-15,18-19,32,34-36,38-39,54H,5-12,16-17,20-31H2,1-4H3/b14-13+,19-18+,33-15+/t32-,34+,36-,38+,39-,44+/m1/s1. The third-order valence-electron chi connectivity index (χ3n) is 12.6. The molecule has 6 atom stereocenters. The normalized spacial score (nSPS) is 30.4. The highest BCUT2D eigenvalue weighted by molar-refractivity contribution is 6.38. The number of piperazine rings is 1. The molecule has 4 fully saturated rings. The molecule has 57 heavy (non-hydrogen) atoms. The number of hydrogen-bond acceptors (Lipinski definition) is 10. The molecule has 3 aliphatic heterocycles. The van der Waals surface area contributed by atoms with Crippen molar-refractivity contribution in [3.8, 4) is 0 Å². The van der Waals surface area contributed by atoms with Crippen LogP contribution in [0.1, 0.15) is 111 Å². The zero-order valence-electron chi connectivity index (χ0n) is 34.9.